The molecule has 0 saturated carbocycles. The molecule has 1 aromatic rings. The zero-order chi connectivity index (χ0) is 12.0. The van der Waals surface area contributed by atoms with Crippen LogP contribution < -0.4 is 10.5 Å². The molecular formula is C14H24ClNO. The Morgan fingerprint density at radius 2 is 2.00 bits per heavy atom. The lowest BCUT2D eigenvalue weighted by molar-refractivity contribution is 0.414. The maximum Gasteiger partial charge on any atom is 0.119 e. The molecule has 17 heavy (non-hydrogen) atoms. The van der Waals surface area contributed by atoms with E-state index < -0.39 is 0 Å². The zero-order valence-corrected chi connectivity index (χ0v) is 11.8. The first kappa shape index (κ1) is 16.3. The van der Waals surface area contributed by atoms with Crippen LogP contribution >= 0.6 is 12.4 Å². The van der Waals surface area contributed by atoms with E-state index in [0.29, 0.717) is 0 Å². The maximum atomic E-state index is 6.19. The summed E-state index contributed by atoms with van der Waals surface area (Å²) in [5.74, 6) is 0.905. The van der Waals surface area contributed by atoms with Gasteiger partial charge in [0.05, 0.1) is 7.11 Å². The zero-order valence-electron chi connectivity index (χ0n) is 11.0. The molecule has 1 rings (SSSR count). The van der Waals surface area contributed by atoms with E-state index >= 15 is 0 Å². The fourth-order valence-electron chi connectivity index (χ4n) is 1.96. The first-order valence-corrected chi connectivity index (χ1v) is 6.09. The Hall–Kier alpha value is -0.730. The van der Waals surface area contributed by atoms with Gasteiger partial charge in [-0.2, -0.15) is 0 Å². The summed E-state index contributed by atoms with van der Waals surface area (Å²) in [5, 5.41) is 0. The Bertz CT molecular complexity index is 328. The summed E-state index contributed by atoms with van der Waals surface area (Å²) in [6.45, 7) is 4.31. The fraction of sp³-hybridized carbons (Fsp3) is 0.571. The highest BCUT2D eigenvalue weighted by Crippen LogP contribution is 2.24. The third kappa shape index (κ3) is 4.97. The molecule has 0 bridgehead atoms. The van der Waals surface area contributed by atoms with Crippen molar-refractivity contribution < 1.29 is 4.74 Å². The Morgan fingerprint density at radius 3 is 2.53 bits per heavy atom. The normalized spacial score (nSPS) is 11.8. The lowest BCUT2D eigenvalue weighted by Crippen LogP contribution is -2.11. The molecule has 2 nitrogen and oxygen atoms in total. The number of unbranched alkanes of at least 4 members (excludes halogenated alkanes) is 2. The molecule has 3 heteroatoms. The van der Waals surface area contributed by atoms with Gasteiger partial charge in [-0.05, 0) is 36.6 Å². The van der Waals surface area contributed by atoms with Crippen LogP contribution in [0.2, 0.25) is 0 Å². The fourth-order valence-corrected chi connectivity index (χ4v) is 1.96. The molecule has 0 saturated heterocycles. The Morgan fingerprint density at radius 1 is 1.29 bits per heavy atom. The van der Waals surface area contributed by atoms with Gasteiger partial charge in [0.15, 0.2) is 0 Å². The average molecular weight is 258 g/mol. The van der Waals surface area contributed by atoms with Gasteiger partial charge in [-0.3, -0.25) is 0 Å². The quantitative estimate of drug-likeness (QED) is 0.782. The molecular weight excluding hydrogens is 234 g/mol. The summed E-state index contributed by atoms with van der Waals surface area (Å²) in [6.07, 6.45) is 4.79. The molecule has 0 radical (unpaired) electrons. The van der Waals surface area contributed by atoms with E-state index in [-0.39, 0.29) is 18.4 Å². The highest BCUT2D eigenvalue weighted by Gasteiger charge is 2.09. The van der Waals surface area contributed by atoms with Gasteiger partial charge in [-0.15, -0.1) is 12.4 Å². The van der Waals surface area contributed by atoms with Crippen molar-refractivity contribution in [1.82, 2.24) is 0 Å². The van der Waals surface area contributed by atoms with Crippen molar-refractivity contribution in [3.05, 3.63) is 29.3 Å². The second kappa shape index (κ2) is 8.37. The number of ether oxygens (including phenoxy) is 1. The molecule has 0 heterocycles. The van der Waals surface area contributed by atoms with E-state index in [9.17, 15) is 0 Å². The summed E-state index contributed by atoms with van der Waals surface area (Å²) in [5.41, 5.74) is 8.66. The number of hydrogen-bond acceptors (Lipinski definition) is 2. The van der Waals surface area contributed by atoms with Gasteiger partial charge < -0.3 is 10.5 Å². The van der Waals surface area contributed by atoms with Crippen molar-refractivity contribution >= 4 is 12.4 Å². The van der Waals surface area contributed by atoms with Gasteiger partial charge in [-0.25, -0.2) is 0 Å². The summed E-state index contributed by atoms with van der Waals surface area (Å²) in [7, 11) is 1.69. The van der Waals surface area contributed by atoms with Crippen molar-refractivity contribution in [2.24, 2.45) is 5.73 Å². The molecule has 0 unspecified atom stereocenters. The van der Waals surface area contributed by atoms with Gasteiger partial charge in [-0.1, -0.05) is 32.3 Å². The molecule has 1 aromatic carbocycles. The van der Waals surface area contributed by atoms with Gasteiger partial charge in [0, 0.05) is 6.04 Å². The Labute approximate surface area is 111 Å². The van der Waals surface area contributed by atoms with E-state index in [2.05, 4.69) is 26.0 Å². The lowest BCUT2D eigenvalue weighted by atomic mass is 9.97. The van der Waals surface area contributed by atoms with Crippen LogP contribution in [0, 0.1) is 6.92 Å². The number of benzene rings is 1. The number of hydrogen-bond donors (Lipinski definition) is 1. The van der Waals surface area contributed by atoms with Crippen LogP contribution in [0.3, 0.4) is 0 Å². The van der Waals surface area contributed by atoms with E-state index in [4.69, 9.17) is 10.5 Å². The molecule has 0 aliphatic carbocycles. The lowest BCUT2D eigenvalue weighted by Gasteiger charge is -2.15. The van der Waals surface area contributed by atoms with Gasteiger partial charge in [0.1, 0.15) is 5.75 Å². The van der Waals surface area contributed by atoms with Crippen LogP contribution in [0.5, 0.6) is 5.75 Å². The highest BCUT2D eigenvalue weighted by molar-refractivity contribution is 5.85. The minimum atomic E-state index is 0. The predicted molar refractivity (Wildman–Crippen MR) is 76.0 cm³/mol. The first-order valence-electron chi connectivity index (χ1n) is 6.09. The summed E-state index contributed by atoms with van der Waals surface area (Å²) in [4.78, 5) is 0. The Balaban J connectivity index is 0.00000256. The third-order valence-electron chi connectivity index (χ3n) is 3.00. The van der Waals surface area contributed by atoms with Crippen molar-refractivity contribution in [3.63, 3.8) is 0 Å². The largest absolute Gasteiger partial charge is 0.497 e. The SMILES string of the molecule is CCCCC[C@@H](N)c1ccc(OC)cc1C.Cl. The molecule has 98 valence electrons. The van der Waals surface area contributed by atoms with E-state index in [0.717, 1.165) is 12.2 Å². The van der Waals surface area contributed by atoms with E-state index in [1.54, 1.807) is 7.11 Å². The smallest absolute Gasteiger partial charge is 0.119 e. The molecule has 0 aliphatic rings. The molecule has 0 spiro atoms. The maximum absolute atomic E-state index is 6.19. The van der Waals surface area contributed by atoms with Gasteiger partial charge in [0.2, 0.25) is 0 Å². The standard InChI is InChI=1S/C14H23NO.ClH/c1-4-5-6-7-14(15)13-9-8-12(16-3)10-11(13)2;/h8-10,14H,4-7,15H2,1-3H3;1H/t14-;/m1./s1. The second-order valence-electron chi connectivity index (χ2n) is 4.32. The molecule has 0 amide bonds. The number of nitrogens with two attached hydrogens (primary N) is 1. The van der Waals surface area contributed by atoms with Gasteiger partial charge >= 0.3 is 0 Å². The summed E-state index contributed by atoms with van der Waals surface area (Å²) in [6, 6.07) is 6.29. The van der Waals surface area contributed by atoms with Crippen molar-refractivity contribution in [2.45, 2.75) is 45.6 Å². The summed E-state index contributed by atoms with van der Waals surface area (Å²) < 4.78 is 5.19. The van der Waals surface area contributed by atoms with Crippen LogP contribution in [0.1, 0.15) is 49.8 Å². The topological polar surface area (TPSA) is 35.2 Å². The van der Waals surface area contributed by atoms with Crippen LogP contribution in [0.4, 0.5) is 0 Å². The number of methoxy groups -OCH3 is 1. The minimum Gasteiger partial charge on any atom is -0.497 e. The number of aryl methyl sites for hydroxylation is 1. The monoisotopic (exact) mass is 257 g/mol. The molecule has 2 N–H and O–H groups in total. The average Bonchev–Trinajstić information content (AvgIpc) is 2.29. The minimum absolute atomic E-state index is 0. The van der Waals surface area contributed by atoms with Crippen LogP contribution in [0.15, 0.2) is 18.2 Å². The number of halogens is 1. The summed E-state index contributed by atoms with van der Waals surface area (Å²) >= 11 is 0. The Kier molecular flexibility index (Phi) is 8.01. The van der Waals surface area contributed by atoms with Crippen LogP contribution in [-0.2, 0) is 0 Å². The van der Waals surface area contributed by atoms with Crippen molar-refractivity contribution in [1.29, 1.82) is 0 Å². The highest BCUT2D eigenvalue weighted by atomic mass is 35.5. The first-order chi connectivity index (χ1) is 7.69. The van der Waals surface area contributed by atoms with Crippen molar-refractivity contribution in [2.75, 3.05) is 7.11 Å². The molecule has 0 aliphatic heterocycles. The predicted octanol–water partition coefficient (Wildman–Crippen LogP) is 4.01. The van der Waals surface area contributed by atoms with Gasteiger partial charge in [0.25, 0.3) is 0 Å². The molecule has 1 atom stereocenters. The third-order valence-corrected chi connectivity index (χ3v) is 3.00. The van der Waals surface area contributed by atoms with Crippen molar-refractivity contribution in [3.8, 4) is 5.75 Å². The second-order valence-corrected chi connectivity index (χ2v) is 4.32. The van der Waals surface area contributed by atoms with E-state index in [1.165, 1.54) is 30.4 Å². The molecule has 0 aromatic heterocycles. The van der Waals surface area contributed by atoms with Crippen LogP contribution in [0.25, 0.3) is 0 Å². The number of rotatable bonds is 6. The van der Waals surface area contributed by atoms with E-state index in [1.807, 2.05) is 6.07 Å². The molecule has 0 fully saturated rings. The van der Waals surface area contributed by atoms with Crippen LogP contribution in [-0.4, -0.2) is 7.11 Å².